The number of methoxy groups -OCH3 is 1. The zero-order valence-corrected chi connectivity index (χ0v) is 28.4. The number of aliphatic hydroxyl groups excluding tert-OH is 1. The summed E-state index contributed by atoms with van der Waals surface area (Å²) in [5, 5.41) is 16.5. The molecule has 2 heterocycles. The van der Waals surface area contributed by atoms with Gasteiger partial charge >= 0.3 is 5.97 Å². The molecule has 1 fully saturated rings. The Bertz CT molecular complexity index is 1290. The Labute approximate surface area is 271 Å². The SMILES string of the molecule is COC(=O)CCCCCCCCC(=O)NC(C(=O)N1CC(O)CC1C(=O)NC(C)c1ccc(-c2scnc2C)cc1)C(C)(C)C. The lowest BCUT2D eigenvalue weighted by molar-refractivity contribution is -0.144. The highest BCUT2D eigenvalue weighted by Gasteiger charge is 2.44. The van der Waals surface area contributed by atoms with Crippen LogP contribution in [0.1, 0.15) is 103 Å². The van der Waals surface area contributed by atoms with Gasteiger partial charge in [-0.3, -0.25) is 19.2 Å². The molecule has 0 spiro atoms. The molecule has 1 aliphatic rings. The molecule has 45 heavy (non-hydrogen) atoms. The number of aromatic nitrogens is 1. The number of nitrogens with one attached hydrogen (secondary N) is 2. The van der Waals surface area contributed by atoms with Crippen molar-refractivity contribution in [2.24, 2.45) is 5.41 Å². The van der Waals surface area contributed by atoms with Crippen molar-refractivity contribution in [3.05, 3.63) is 41.0 Å². The monoisotopic (exact) mass is 642 g/mol. The average Bonchev–Trinajstić information content (AvgIpc) is 3.61. The Morgan fingerprint density at radius 3 is 2.22 bits per heavy atom. The smallest absolute Gasteiger partial charge is 0.305 e. The zero-order valence-electron chi connectivity index (χ0n) is 27.6. The molecule has 4 atom stereocenters. The van der Waals surface area contributed by atoms with Crippen molar-refractivity contribution in [3.8, 4) is 10.4 Å². The molecule has 1 aliphatic heterocycles. The van der Waals surface area contributed by atoms with Gasteiger partial charge in [0.05, 0.1) is 35.3 Å². The lowest BCUT2D eigenvalue weighted by Crippen LogP contribution is -2.57. The van der Waals surface area contributed by atoms with Crippen molar-refractivity contribution >= 4 is 35.0 Å². The van der Waals surface area contributed by atoms with Gasteiger partial charge in [-0.2, -0.15) is 0 Å². The van der Waals surface area contributed by atoms with E-state index in [-0.39, 0.29) is 42.7 Å². The summed E-state index contributed by atoms with van der Waals surface area (Å²) in [5.41, 5.74) is 4.18. The Morgan fingerprint density at radius 2 is 1.64 bits per heavy atom. The number of thiazole rings is 1. The van der Waals surface area contributed by atoms with E-state index in [2.05, 4.69) is 20.4 Å². The number of unbranched alkanes of at least 4 members (excludes halogenated alkanes) is 5. The third-order valence-electron chi connectivity index (χ3n) is 8.32. The molecule has 2 aromatic rings. The van der Waals surface area contributed by atoms with Crippen molar-refractivity contribution in [2.75, 3.05) is 13.7 Å². The molecule has 4 unspecified atom stereocenters. The number of nitrogens with zero attached hydrogens (tertiary/aromatic N) is 2. The third kappa shape index (κ3) is 10.6. The maximum atomic E-state index is 13.9. The maximum Gasteiger partial charge on any atom is 0.305 e. The molecule has 3 amide bonds. The minimum atomic E-state index is -0.843. The fraction of sp³-hybridized carbons (Fsp3) is 0.618. The highest BCUT2D eigenvalue weighted by atomic mass is 32.1. The molecule has 10 nitrogen and oxygen atoms in total. The number of ether oxygens (including phenoxy) is 1. The number of carbonyl (C=O) groups excluding carboxylic acids is 4. The van der Waals surface area contributed by atoms with Crippen molar-refractivity contribution in [1.82, 2.24) is 20.5 Å². The largest absolute Gasteiger partial charge is 0.469 e. The molecule has 1 aromatic heterocycles. The van der Waals surface area contributed by atoms with Crippen LogP contribution in [0.3, 0.4) is 0 Å². The Morgan fingerprint density at radius 1 is 1.02 bits per heavy atom. The topological polar surface area (TPSA) is 138 Å². The van der Waals surface area contributed by atoms with Gasteiger partial charge < -0.3 is 25.4 Å². The van der Waals surface area contributed by atoms with Crippen LogP contribution in [0.5, 0.6) is 0 Å². The van der Waals surface area contributed by atoms with E-state index >= 15 is 0 Å². The number of rotatable bonds is 15. The molecule has 0 bridgehead atoms. The second-order valence-electron chi connectivity index (χ2n) is 13.1. The molecule has 3 N–H and O–H groups in total. The van der Waals surface area contributed by atoms with E-state index < -0.39 is 23.6 Å². The first-order valence-corrected chi connectivity index (χ1v) is 16.8. The summed E-state index contributed by atoms with van der Waals surface area (Å²) in [5.74, 6) is -1.10. The summed E-state index contributed by atoms with van der Waals surface area (Å²) in [6, 6.07) is 5.98. The van der Waals surface area contributed by atoms with Gasteiger partial charge in [-0.25, -0.2) is 4.98 Å². The number of benzene rings is 1. The second kappa shape index (κ2) is 16.8. The number of aryl methyl sites for hydroxylation is 1. The predicted molar refractivity (Wildman–Crippen MR) is 175 cm³/mol. The fourth-order valence-corrected chi connectivity index (χ4v) is 6.42. The van der Waals surface area contributed by atoms with Crippen molar-refractivity contribution < 1.29 is 29.0 Å². The number of likely N-dealkylation sites (tertiary alicyclic amines) is 1. The summed E-state index contributed by atoms with van der Waals surface area (Å²) in [6.45, 7) is 9.54. The highest BCUT2D eigenvalue weighted by molar-refractivity contribution is 7.13. The Kier molecular flexibility index (Phi) is 13.5. The van der Waals surface area contributed by atoms with Gasteiger partial charge in [-0.15, -0.1) is 11.3 Å². The third-order valence-corrected chi connectivity index (χ3v) is 9.30. The normalized spacial score (nSPS) is 17.9. The number of aliphatic hydroxyl groups is 1. The van der Waals surface area contributed by atoms with E-state index in [9.17, 15) is 24.3 Å². The molecule has 0 saturated carbocycles. The van der Waals surface area contributed by atoms with Crippen LogP contribution in [-0.2, 0) is 23.9 Å². The van der Waals surface area contributed by atoms with Crippen LogP contribution in [0.25, 0.3) is 10.4 Å². The van der Waals surface area contributed by atoms with Gasteiger partial charge in [0.2, 0.25) is 17.7 Å². The zero-order chi connectivity index (χ0) is 33.1. The molecule has 1 aromatic carbocycles. The van der Waals surface area contributed by atoms with E-state index in [1.54, 1.807) is 11.3 Å². The second-order valence-corrected chi connectivity index (χ2v) is 13.9. The minimum Gasteiger partial charge on any atom is -0.469 e. The van der Waals surface area contributed by atoms with Gasteiger partial charge in [-0.1, -0.05) is 70.7 Å². The minimum absolute atomic E-state index is 0.0344. The number of β-amino-alcohol motifs (C(OH)–C–C–N with tert-alkyl or cyclic N) is 1. The Hall–Kier alpha value is -3.31. The first kappa shape index (κ1) is 36.2. The quantitative estimate of drug-likeness (QED) is 0.182. The van der Waals surface area contributed by atoms with Crippen molar-refractivity contribution in [2.45, 2.75) is 117 Å². The van der Waals surface area contributed by atoms with Crippen LogP contribution >= 0.6 is 11.3 Å². The average molecular weight is 643 g/mol. The lowest BCUT2D eigenvalue weighted by atomic mass is 9.85. The number of hydrogen-bond donors (Lipinski definition) is 3. The first-order valence-electron chi connectivity index (χ1n) is 16.0. The number of hydrogen-bond acceptors (Lipinski definition) is 8. The van der Waals surface area contributed by atoms with Gasteiger partial charge in [0, 0.05) is 25.8 Å². The van der Waals surface area contributed by atoms with E-state index in [4.69, 9.17) is 0 Å². The van der Waals surface area contributed by atoms with Crippen LogP contribution in [0.2, 0.25) is 0 Å². The fourth-order valence-electron chi connectivity index (χ4n) is 5.61. The standard InChI is InChI=1S/C34H50N4O6S/c1-22(24-15-17-25(18-16-24)30-23(2)35-21-45-30)36-32(42)27-19-26(39)20-38(27)33(43)31(34(3,4)5)37-28(40)13-11-9-7-8-10-12-14-29(41)44-6/h15-18,21-22,26-27,31,39H,7-14,19-20H2,1-6H3,(H,36,42)(H,37,40). The van der Waals surface area contributed by atoms with Crippen LogP contribution in [0, 0.1) is 12.3 Å². The molecule has 1 saturated heterocycles. The summed E-state index contributed by atoms with van der Waals surface area (Å²) in [6.07, 6.45) is 5.31. The highest BCUT2D eigenvalue weighted by Crippen LogP contribution is 2.29. The van der Waals surface area contributed by atoms with Crippen LogP contribution < -0.4 is 10.6 Å². The van der Waals surface area contributed by atoms with E-state index in [0.29, 0.717) is 19.3 Å². The molecule has 3 rings (SSSR count). The molecule has 0 radical (unpaired) electrons. The van der Waals surface area contributed by atoms with E-state index in [1.165, 1.54) is 12.0 Å². The van der Waals surface area contributed by atoms with Crippen LogP contribution in [0.4, 0.5) is 0 Å². The summed E-state index contributed by atoms with van der Waals surface area (Å²) < 4.78 is 4.65. The van der Waals surface area contributed by atoms with Gasteiger partial charge in [0.25, 0.3) is 0 Å². The van der Waals surface area contributed by atoms with Gasteiger partial charge in [0.1, 0.15) is 12.1 Å². The van der Waals surface area contributed by atoms with E-state index in [0.717, 1.165) is 53.8 Å². The predicted octanol–water partition coefficient (Wildman–Crippen LogP) is 5.08. The van der Waals surface area contributed by atoms with E-state index in [1.807, 2.05) is 64.4 Å². The number of esters is 1. The lowest BCUT2D eigenvalue weighted by Gasteiger charge is -2.35. The number of amides is 3. The molecule has 248 valence electrons. The summed E-state index contributed by atoms with van der Waals surface area (Å²) in [4.78, 5) is 58.3. The van der Waals surface area contributed by atoms with Crippen molar-refractivity contribution in [1.29, 1.82) is 0 Å². The number of carbonyl (C=O) groups is 4. The Balaban J connectivity index is 1.54. The summed E-state index contributed by atoms with van der Waals surface area (Å²) in [7, 11) is 1.39. The maximum absolute atomic E-state index is 13.9. The van der Waals surface area contributed by atoms with Gasteiger partial charge in [0.15, 0.2) is 0 Å². The molecule has 11 heteroatoms. The molecular weight excluding hydrogens is 592 g/mol. The summed E-state index contributed by atoms with van der Waals surface area (Å²) >= 11 is 1.58. The first-order chi connectivity index (χ1) is 21.3. The van der Waals surface area contributed by atoms with Crippen LogP contribution in [-0.4, -0.2) is 70.5 Å². The molecular formula is C34H50N4O6S. The van der Waals surface area contributed by atoms with Crippen molar-refractivity contribution in [3.63, 3.8) is 0 Å². The van der Waals surface area contributed by atoms with Crippen LogP contribution in [0.15, 0.2) is 29.8 Å². The van der Waals surface area contributed by atoms with Gasteiger partial charge in [-0.05, 0) is 43.2 Å². The molecule has 0 aliphatic carbocycles.